The second-order valence-corrected chi connectivity index (χ2v) is 8.42. The van der Waals surface area contributed by atoms with Crippen molar-refractivity contribution in [1.29, 1.82) is 0 Å². The first-order chi connectivity index (χ1) is 10.9. The summed E-state index contributed by atoms with van der Waals surface area (Å²) in [5, 5.41) is 0.563. The van der Waals surface area contributed by atoms with Crippen molar-refractivity contribution >= 4 is 37.4 Å². The third kappa shape index (κ3) is 2.87. The number of methoxy groups -OCH3 is 1. The van der Waals surface area contributed by atoms with E-state index >= 15 is 0 Å². The van der Waals surface area contributed by atoms with Gasteiger partial charge in [0, 0.05) is 29.2 Å². The predicted molar refractivity (Wildman–Crippen MR) is 89.1 cm³/mol. The molecule has 1 aromatic carbocycles. The molecule has 1 aromatic heterocycles. The molecule has 0 saturated carbocycles. The van der Waals surface area contributed by atoms with Crippen LogP contribution in [-0.2, 0) is 14.8 Å². The maximum Gasteiger partial charge on any atom is 0.349 e. The summed E-state index contributed by atoms with van der Waals surface area (Å²) in [5.74, 6) is -0.626. The normalized spacial score (nSPS) is 17.5. The first kappa shape index (κ1) is 16.4. The number of carbonyl (C=O) groups is 1. The van der Waals surface area contributed by atoms with Crippen molar-refractivity contribution in [1.82, 2.24) is 4.31 Å². The van der Waals surface area contributed by atoms with Crippen molar-refractivity contribution in [3.8, 4) is 0 Å². The number of hydrogen-bond acceptors (Lipinski definition) is 6. The first-order valence-corrected chi connectivity index (χ1v) is 9.56. The Kier molecular flexibility index (Phi) is 4.41. The van der Waals surface area contributed by atoms with Gasteiger partial charge in [-0.15, -0.1) is 11.3 Å². The predicted octanol–water partition coefficient (Wildman–Crippen LogP) is 1.80. The maximum atomic E-state index is 13.1. The van der Waals surface area contributed by atoms with Crippen LogP contribution in [0.4, 0.5) is 0 Å². The van der Waals surface area contributed by atoms with Gasteiger partial charge in [0.25, 0.3) is 0 Å². The zero-order valence-corrected chi connectivity index (χ0v) is 14.3. The van der Waals surface area contributed by atoms with Crippen LogP contribution in [0.5, 0.6) is 0 Å². The summed E-state index contributed by atoms with van der Waals surface area (Å²) in [7, 11) is -2.51. The molecular weight excluding hydrogens is 336 g/mol. The molecule has 23 heavy (non-hydrogen) atoms. The molecule has 1 aliphatic heterocycles. The van der Waals surface area contributed by atoms with E-state index in [9.17, 15) is 13.2 Å². The molecular formula is C15H18N2O4S2. The lowest BCUT2D eigenvalue weighted by molar-refractivity contribution is 0.0602. The van der Waals surface area contributed by atoms with Crippen molar-refractivity contribution in [2.45, 2.75) is 23.8 Å². The standard InChI is InChI=1S/C15H18N2O4S2/c1-21-15(18)13-14(11-4-2-3-5-12(11)22-13)23(19,20)17-8-6-10(16)7-9-17/h2-5,10H,6-9,16H2,1H3. The van der Waals surface area contributed by atoms with Gasteiger partial charge in [-0.25, -0.2) is 13.2 Å². The summed E-state index contributed by atoms with van der Waals surface area (Å²) in [6.45, 7) is 0.739. The average molecular weight is 354 g/mol. The highest BCUT2D eigenvalue weighted by Crippen LogP contribution is 2.37. The molecule has 0 atom stereocenters. The summed E-state index contributed by atoms with van der Waals surface area (Å²) in [6.07, 6.45) is 1.24. The van der Waals surface area contributed by atoms with E-state index in [-0.39, 0.29) is 15.8 Å². The van der Waals surface area contributed by atoms with Gasteiger partial charge in [0.05, 0.1) is 7.11 Å². The van der Waals surface area contributed by atoms with Crippen molar-refractivity contribution in [3.63, 3.8) is 0 Å². The number of benzene rings is 1. The average Bonchev–Trinajstić information content (AvgIpc) is 2.94. The number of ether oxygens (including phenoxy) is 1. The van der Waals surface area contributed by atoms with E-state index < -0.39 is 16.0 Å². The smallest absolute Gasteiger partial charge is 0.349 e. The van der Waals surface area contributed by atoms with Gasteiger partial charge >= 0.3 is 5.97 Å². The molecule has 6 nitrogen and oxygen atoms in total. The van der Waals surface area contributed by atoms with E-state index in [1.807, 2.05) is 6.07 Å². The van der Waals surface area contributed by atoms with Crippen LogP contribution in [0.25, 0.3) is 10.1 Å². The third-order valence-corrected chi connectivity index (χ3v) is 7.28. The number of rotatable bonds is 3. The molecule has 8 heteroatoms. The van der Waals surface area contributed by atoms with E-state index in [4.69, 9.17) is 10.5 Å². The van der Waals surface area contributed by atoms with Crippen LogP contribution >= 0.6 is 11.3 Å². The maximum absolute atomic E-state index is 13.1. The van der Waals surface area contributed by atoms with Gasteiger partial charge in [0.2, 0.25) is 10.0 Å². The van der Waals surface area contributed by atoms with Crippen LogP contribution in [0.15, 0.2) is 29.2 Å². The number of carbonyl (C=O) groups excluding carboxylic acids is 1. The molecule has 1 fully saturated rings. The lowest BCUT2D eigenvalue weighted by Crippen LogP contribution is -2.43. The van der Waals surface area contributed by atoms with Gasteiger partial charge in [0.1, 0.15) is 9.77 Å². The minimum atomic E-state index is -3.77. The second kappa shape index (κ2) is 6.20. The number of esters is 1. The number of hydrogen-bond donors (Lipinski definition) is 1. The molecule has 0 radical (unpaired) electrons. The molecule has 2 aromatic rings. The fourth-order valence-electron chi connectivity index (χ4n) is 2.75. The molecule has 0 spiro atoms. The number of nitrogens with two attached hydrogens (primary N) is 1. The summed E-state index contributed by atoms with van der Waals surface area (Å²) in [5.41, 5.74) is 5.86. The van der Waals surface area contributed by atoms with Crippen LogP contribution in [-0.4, -0.2) is 44.9 Å². The Morgan fingerprint density at radius 3 is 2.61 bits per heavy atom. The molecule has 2 heterocycles. The second-order valence-electron chi connectivity index (χ2n) is 5.49. The first-order valence-electron chi connectivity index (χ1n) is 7.30. The van der Waals surface area contributed by atoms with Gasteiger partial charge < -0.3 is 10.5 Å². The number of sulfonamides is 1. The highest BCUT2D eigenvalue weighted by atomic mass is 32.2. The number of fused-ring (bicyclic) bond motifs is 1. The largest absolute Gasteiger partial charge is 0.465 e. The van der Waals surface area contributed by atoms with Crippen LogP contribution in [0.2, 0.25) is 0 Å². The quantitative estimate of drug-likeness (QED) is 0.849. The molecule has 0 unspecified atom stereocenters. The topological polar surface area (TPSA) is 89.7 Å². The molecule has 124 valence electrons. The Hall–Kier alpha value is -1.48. The lowest BCUT2D eigenvalue weighted by Gasteiger charge is -2.29. The van der Waals surface area contributed by atoms with E-state index in [0.717, 1.165) is 16.0 Å². The van der Waals surface area contributed by atoms with E-state index in [0.29, 0.717) is 31.3 Å². The van der Waals surface area contributed by atoms with Crippen molar-refractivity contribution < 1.29 is 17.9 Å². The molecule has 2 N–H and O–H groups in total. The zero-order chi connectivity index (χ0) is 16.6. The fraction of sp³-hybridized carbons (Fsp3) is 0.400. The van der Waals surface area contributed by atoms with E-state index in [2.05, 4.69) is 0 Å². The van der Waals surface area contributed by atoms with Gasteiger partial charge in [-0.1, -0.05) is 18.2 Å². The summed E-state index contributed by atoms with van der Waals surface area (Å²) in [6, 6.07) is 7.14. The third-order valence-electron chi connectivity index (χ3n) is 4.02. The Labute approximate surface area is 138 Å². The zero-order valence-electron chi connectivity index (χ0n) is 12.7. The van der Waals surface area contributed by atoms with Gasteiger partial charge in [-0.2, -0.15) is 4.31 Å². The molecule has 3 rings (SSSR count). The summed E-state index contributed by atoms with van der Waals surface area (Å²) < 4.78 is 33.1. The van der Waals surface area contributed by atoms with E-state index in [1.54, 1.807) is 18.2 Å². The Balaban J connectivity index is 2.15. The lowest BCUT2D eigenvalue weighted by atomic mass is 10.1. The highest BCUT2D eigenvalue weighted by Gasteiger charge is 2.35. The number of thiophene rings is 1. The molecule has 1 aliphatic rings. The van der Waals surface area contributed by atoms with Crippen LogP contribution in [0.1, 0.15) is 22.5 Å². The molecule has 0 bridgehead atoms. The minimum Gasteiger partial charge on any atom is -0.465 e. The van der Waals surface area contributed by atoms with Gasteiger partial charge in [0.15, 0.2) is 0 Å². The fourth-order valence-corrected chi connectivity index (χ4v) is 5.99. The van der Waals surface area contributed by atoms with Gasteiger partial charge in [-0.05, 0) is 18.9 Å². The Morgan fingerprint density at radius 1 is 1.30 bits per heavy atom. The van der Waals surface area contributed by atoms with Gasteiger partial charge in [-0.3, -0.25) is 0 Å². The van der Waals surface area contributed by atoms with Crippen molar-refractivity contribution in [2.24, 2.45) is 5.73 Å². The monoisotopic (exact) mass is 354 g/mol. The van der Waals surface area contributed by atoms with Crippen LogP contribution in [0, 0.1) is 0 Å². The van der Waals surface area contributed by atoms with E-state index in [1.165, 1.54) is 11.4 Å². The number of piperidine rings is 1. The Morgan fingerprint density at radius 2 is 1.96 bits per heavy atom. The SMILES string of the molecule is COC(=O)c1sc2ccccc2c1S(=O)(=O)N1CCC(N)CC1. The van der Waals surface area contributed by atoms with Crippen molar-refractivity contribution in [2.75, 3.05) is 20.2 Å². The molecule has 0 amide bonds. The Bertz CT molecular complexity index is 836. The molecule has 0 aliphatic carbocycles. The number of nitrogens with zero attached hydrogens (tertiary/aromatic N) is 1. The molecule has 1 saturated heterocycles. The summed E-state index contributed by atoms with van der Waals surface area (Å²) in [4.78, 5) is 12.3. The summed E-state index contributed by atoms with van der Waals surface area (Å²) >= 11 is 1.14. The highest BCUT2D eigenvalue weighted by molar-refractivity contribution is 7.89. The minimum absolute atomic E-state index is 0.0285. The van der Waals surface area contributed by atoms with Crippen LogP contribution in [0.3, 0.4) is 0 Å². The van der Waals surface area contributed by atoms with Crippen molar-refractivity contribution in [3.05, 3.63) is 29.1 Å². The van der Waals surface area contributed by atoms with Crippen LogP contribution < -0.4 is 5.73 Å².